The highest BCUT2D eigenvalue weighted by Crippen LogP contribution is 2.50. The first-order valence-corrected chi connectivity index (χ1v) is 13.8. The van der Waals surface area contributed by atoms with E-state index in [0.29, 0.717) is 0 Å². The van der Waals surface area contributed by atoms with Crippen LogP contribution in [0.4, 0.5) is 83.4 Å². The van der Waals surface area contributed by atoms with Crippen LogP contribution in [0.25, 0.3) is 0 Å². The third-order valence-corrected chi connectivity index (χ3v) is 6.72. The maximum atomic E-state index is 15.8. The second-order valence-corrected chi connectivity index (χ2v) is 10.7. The fourth-order valence-corrected chi connectivity index (χ4v) is 4.33. The lowest BCUT2D eigenvalue weighted by atomic mass is 10.1. The lowest BCUT2D eigenvalue weighted by Gasteiger charge is -2.21. The van der Waals surface area contributed by atoms with E-state index in [1.807, 2.05) is 0 Å². The number of carbonyl (C=O) groups is 1. The second kappa shape index (κ2) is 13.9. The maximum Gasteiger partial charge on any atom is 0.416 e. The minimum absolute atomic E-state index is 0.168. The number of ether oxygens (including phenoxy) is 3. The van der Waals surface area contributed by atoms with E-state index in [9.17, 15) is 88.9 Å². The van der Waals surface area contributed by atoms with Crippen molar-refractivity contribution in [2.75, 3.05) is 0 Å². The van der Waals surface area contributed by atoms with Crippen LogP contribution in [-0.2, 0) is 37.1 Å². The average Bonchev–Trinajstić information content (AvgIpc) is 3.01. The molecule has 0 aliphatic carbocycles. The Kier molecular flexibility index (Phi) is 10.7. The third kappa shape index (κ3) is 9.95. The molecule has 24 heteroatoms. The summed E-state index contributed by atoms with van der Waals surface area (Å²) in [4.78, 5) is 11.9. The van der Waals surface area contributed by atoms with Gasteiger partial charge in [0.2, 0.25) is 11.5 Å². The topological polar surface area (TPSA) is 65.0 Å². The molecule has 0 amide bonds. The van der Waals surface area contributed by atoms with Crippen molar-refractivity contribution in [1.29, 1.82) is 0 Å². The zero-order valence-electron chi connectivity index (χ0n) is 25.5. The van der Waals surface area contributed by atoms with E-state index in [-0.39, 0.29) is 42.5 Å². The van der Waals surface area contributed by atoms with E-state index in [1.165, 1.54) is 0 Å². The normalized spacial score (nSPS) is 13.1. The SMILES string of the molecule is O=C(O)c1cc(Oc2cc(C(F)(F)F)cc(C(F)(F)F)c2)c(Oc2cc(C(F)(F)F)cc(C(F)(F)F)c2)c(Oc2cc(C(F)(F)F)cc(C(F)(F)F)c2)c1F. The van der Waals surface area contributed by atoms with Crippen molar-refractivity contribution >= 4 is 5.97 Å². The molecule has 0 radical (unpaired) electrons. The lowest BCUT2D eigenvalue weighted by molar-refractivity contribution is -0.144. The molecular formula is C31H11F19O5. The molecule has 4 rings (SSSR count). The van der Waals surface area contributed by atoms with Gasteiger partial charge in [-0.3, -0.25) is 0 Å². The summed E-state index contributed by atoms with van der Waals surface area (Å²) < 4.78 is 274. The number of alkyl halides is 18. The standard InChI is InChI=1S/C31H11F19O5/c32-22-20(25(51)52)10-21(53-17-4-11(26(33,34)35)1-12(5-17)27(36,37)38)23(54-18-6-13(28(39,40)41)2-14(7-18)29(42,43)44)24(22)55-19-8-15(30(45,46)47)3-16(9-19)31(48,49)50/h1-10H,(H,51,52). The van der Waals surface area contributed by atoms with E-state index in [2.05, 4.69) is 0 Å². The van der Waals surface area contributed by atoms with E-state index < -0.39 is 140 Å². The highest BCUT2D eigenvalue weighted by molar-refractivity contribution is 5.90. The minimum atomic E-state index is -5.66. The van der Waals surface area contributed by atoms with E-state index in [0.717, 1.165) is 0 Å². The average molecular weight is 824 g/mol. The maximum absolute atomic E-state index is 15.8. The molecule has 298 valence electrons. The van der Waals surface area contributed by atoms with Crippen LogP contribution in [0.15, 0.2) is 60.7 Å². The lowest BCUT2D eigenvalue weighted by Crippen LogP contribution is -2.12. The van der Waals surface area contributed by atoms with Crippen LogP contribution in [0.2, 0.25) is 0 Å². The molecule has 0 aliphatic heterocycles. The molecular weight excluding hydrogens is 813 g/mol. The number of carboxylic acids is 1. The van der Waals surface area contributed by atoms with Crippen molar-refractivity contribution in [2.45, 2.75) is 37.1 Å². The summed E-state index contributed by atoms with van der Waals surface area (Å²) >= 11 is 0. The Morgan fingerprint density at radius 2 is 0.655 bits per heavy atom. The first-order chi connectivity index (χ1) is 24.7. The van der Waals surface area contributed by atoms with Gasteiger partial charge in [-0.1, -0.05) is 0 Å². The number of rotatable bonds is 7. The molecule has 0 bridgehead atoms. The Balaban J connectivity index is 2.12. The molecule has 5 nitrogen and oxygen atoms in total. The van der Waals surface area contributed by atoms with Gasteiger partial charge >= 0.3 is 43.0 Å². The molecule has 4 aromatic carbocycles. The smallest absolute Gasteiger partial charge is 0.416 e. The summed E-state index contributed by atoms with van der Waals surface area (Å²) in [5, 5.41) is 9.55. The number of carboxylic acid groups (broad SMARTS) is 1. The summed E-state index contributed by atoms with van der Waals surface area (Å²) in [7, 11) is 0. The van der Waals surface area contributed by atoms with Crippen LogP contribution in [0.1, 0.15) is 43.7 Å². The molecule has 0 aliphatic rings. The zero-order chi connectivity index (χ0) is 41.9. The van der Waals surface area contributed by atoms with Gasteiger partial charge in [-0.2, -0.15) is 79.0 Å². The highest BCUT2D eigenvalue weighted by atomic mass is 19.4. The van der Waals surface area contributed by atoms with Crippen LogP contribution in [0.3, 0.4) is 0 Å². The van der Waals surface area contributed by atoms with Gasteiger partial charge < -0.3 is 19.3 Å². The molecule has 0 spiro atoms. The summed E-state index contributed by atoms with van der Waals surface area (Å²) in [6.07, 6.45) is -33.9. The molecule has 0 unspecified atom stereocenters. The highest BCUT2D eigenvalue weighted by Gasteiger charge is 2.41. The Hall–Kier alpha value is -5.58. The fraction of sp³-hybridized carbons (Fsp3) is 0.194. The Bertz CT molecular complexity index is 2010. The summed E-state index contributed by atoms with van der Waals surface area (Å²) in [5.41, 5.74) is -14.9. The number of hydrogen-bond donors (Lipinski definition) is 1. The molecule has 0 heterocycles. The Morgan fingerprint density at radius 1 is 0.400 bits per heavy atom. The van der Waals surface area contributed by atoms with Crippen molar-refractivity contribution < 1.29 is 108 Å². The van der Waals surface area contributed by atoms with Crippen LogP contribution in [-0.4, -0.2) is 11.1 Å². The monoisotopic (exact) mass is 824 g/mol. The number of hydrogen-bond acceptors (Lipinski definition) is 4. The van der Waals surface area contributed by atoms with Crippen molar-refractivity contribution in [3.63, 3.8) is 0 Å². The molecule has 55 heavy (non-hydrogen) atoms. The molecule has 1 N–H and O–H groups in total. The van der Waals surface area contributed by atoms with Gasteiger partial charge in [-0.25, -0.2) is 9.18 Å². The van der Waals surface area contributed by atoms with Crippen LogP contribution in [0.5, 0.6) is 34.5 Å². The largest absolute Gasteiger partial charge is 0.478 e. The number of aromatic carboxylic acids is 1. The van der Waals surface area contributed by atoms with E-state index >= 15 is 4.39 Å². The number of benzene rings is 4. The molecule has 0 saturated carbocycles. The van der Waals surface area contributed by atoms with Crippen molar-refractivity contribution in [3.05, 3.63) is 105 Å². The van der Waals surface area contributed by atoms with E-state index in [4.69, 9.17) is 14.2 Å². The van der Waals surface area contributed by atoms with Gasteiger partial charge in [0.25, 0.3) is 0 Å². The third-order valence-electron chi connectivity index (χ3n) is 6.72. The Labute approximate surface area is 291 Å². The number of halogens is 19. The molecule has 0 aromatic heterocycles. The molecule has 0 atom stereocenters. The van der Waals surface area contributed by atoms with E-state index in [1.54, 1.807) is 0 Å². The van der Waals surface area contributed by atoms with Crippen molar-refractivity contribution in [2.24, 2.45) is 0 Å². The summed E-state index contributed by atoms with van der Waals surface area (Å²) in [5.74, 6) is -15.7. The molecule has 4 aromatic rings. The summed E-state index contributed by atoms with van der Waals surface area (Å²) in [6.45, 7) is 0. The predicted octanol–water partition coefficient (Wildman–Crippen LogP) is 13.0. The quantitative estimate of drug-likeness (QED) is 0.188. The fourth-order valence-electron chi connectivity index (χ4n) is 4.33. The first-order valence-electron chi connectivity index (χ1n) is 13.8. The minimum Gasteiger partial charge on any atom is -0.478 e. The second-order valence-electron chi connectivity index (χ2n) is 10.7. The Morgan fingerprint density at radius 3 is 0.909 bits per heavy atom. The van der Waals surface area contributed by atoms with Crippen molar-refractivity contribution in [1.82, 2.24) is 0 Å². The van der Waals surface area contributed by atoms with Gasteiger partial charge in [-0.05, 0) is 54.6 Å². The first kappa shape index (κ1) is 42.2. The molecule has 0 fully saturated rings. The summed E-state index contributed by atoms with van der Waals surface area (Å²) in [6, 6.07) is -3.22. The van der Waals surface area contributed by atoms with Gasteiger partial charge in [0.15, 0.2) is 11.6 Å². The van der Waals surface area contributed by atoms with Crippen LogP contribution < -0.4 is 14.2 Å². The van der Waals surface area contributed by atoms with Gasteiger partial charge in [0.1, 0.15) is 22.8 Å². The zero-order valence-corrected chi connectivity index (χ0v) is 25.5. The van der Waals surface area contributed by atoms with Crippen LogP contribution >= 0.6 is 0 Å². The van der Waals surface area contributed by atoms with Gasteiger partial charge in [-0.15, -0.1) is 0 Å². The van der Waals surface area contributed by atoms with Gasteiger partial charge in [0.05, 0.1) is 33.4 Å². The van der Waals surface area contributed by atoms with Crippen LogP contribution in [0, 0.1) is 5.82 Å². The predicted molar refractivity (Wildman–Crippen MR) is 143 cm³/mol. The molecule has 0 saturated heterocycles. The van der Waals surface area contributed by atoms with Gasteiger partial charge in [0, 0.05) is 6.07 Å². The van der Waals surface area contributed by atoms with Crippen molar-refractivity contribution in [3.8, 4) is 34.5 Å².